The molecule has 0 aliphatic heterocycles. The average Bonchev–Trinajstić information content (AvgIpc) is 2.63. The maximum atomic E-state index is 13.8. The third kappa shape index (κ3) is 5.14. The molecular weight excluding hydrogens is 319 g/mol. The van der Waals surface area contributed by atoms with Crippen molar-refractivity contribution in [2.45, 2.75) is 25.8 Å². The molecule has 0 aliphatic rings. The molecule has 2 aromatic rings. The molecule has 0 fully saturated rings. The second kappa shape index (κ2) is 8.97. The number of carbonyl (C=O) groups is 2. The van der Waals surface area contributed by atoms with E-state index in [9.17, 15) is 14.0 Å². The Kier molecular flexibility index (Phi) is 6.69. The summed E-state index contributed by atoms with van der Waals surface area (Å²) in [6, 6.07) is 15.3. The molecule has 1 atom stereocenters. The van der Waals surface area contributed by atoms with Gasteiger partial charge in [-0.2, -0.15) is 0 Å². The number of halogens is 1. The molecule has 2 amide bonds. The molecule has 0 spiro atoms. The molecule has 5 heteroatoms. The Morgan fingerprint density at radius 2 is 1.72 bits per heavy atom. The van der Waals surface area contributed by atoms with Gasteiger partial charge in [0.15, 0.2) is 0 Å². The van der Waals surface area contributed by atoms with Gasteiger partial charge in [0.2, 0.25) is 11.8 Å². The normalized spacial score (nSPS) is 11.6. The molecule has 0 saturated heterocycles. The van der Waals surface area contributed by atoms with Crippen molar-refractivity contribution in [2.24, 2.45) is 0 Å². The molecule has 0 aliphatic carbocycles. The predicted octanol–water partition coefficient (Wildman–Crippen LogP) is 2.57. The van der Waals surface area contributed by atoms with E-state index in [-0.39, 0.29) is 18.2 Å². The molecule has 132 valence electrons. The van der Waals surface area contributed by atoms with Crippen LogP contribution in [-0.2, 0) is 22.4 Å². The van der Waals surface area contributed by atoms with Crippen molar-refractivity contribution in [3.05, 3.63) is 71.5 Å². The van der Waals surface area contributed by atoms with Gasteiger partial charge >= 0.3 is 0 Å². The SMILES string of the molecule is CNC(=O)C(C)N(CCc1ccccc1)C(=O)Cc1ccccc1F. The monoisotopic (exact) mass is 342 g/mol. The summed E-state index contributed by atoms with van der Waals surface area (Å²) in [6.45, 7) is 2.08. The fraction of sp³-hybridized carbons (Fsp3) is 0.300. The van der Waals surface area contributed by atoms with E-state index in [1.165, 1.54) is 18.0 Å². The molecule has 1 unspecified atom stereocenters. The minimum absolute atomic E-state index is 0.0667. The summed E-state index contributed by atoms with van der Waals surface area (Å²) in [5.74, 6) is -0.918. The van der Waals surface area contributed by atoms with E-state index in [1.807, 2.05) is 30.3 Å². The van der Waals surface area contributed by atoms with E-state index >= 15 is 0 Å². The molecule has 4 nitrogen and oxygen atoms in total. The van der Waals surface area contributed by atoms with Crippen molar-refractivity contribution < 1.29 is 14.0 Å². The molecule has 25 heavy (non-hydrogen) atoms. The highest BCUT2D eigenvalue weighted by atomic mass is 19.1. The molecule has 0 radical (unpaired) electrons. The lowest BCUT2D eigenvalue weighted by Gasteiger charge is -2.28. The van der Waals surface area contributed by atoms with Crippen LogP contribution in [0.2, 0.25) is 0 Å². The summed E-state index contributed by atoms with van der Waals surface area (Å²) in [5.41, 5.74) is 1.41. The number of benzene rings is 2. The van der Waals surface area contributed by atoms with Gasteiger partial charge in [0.25, 0.3) is 0 Å². The van der Waals surface area contributed by atoms with Crippen molar-refractivity contribution in [3.8, 4) is 0 Å². The second-order valence-corrected chi connectivity index (χ2v) is 5.88. The molecule has 0 bridgehead atoms. The smallest absolute Gasteiger partial charge is 0.242 e. The average molecular weight is 342 g/mol. The van der Waals surface area contributed by atoms with Crippen LogP contribution in [0.25, 0.3) is 0 Å². The molecule has 0 saturated carbocycles. The second-order valence-electron chi connectivity index (χ2n) is 5.88. The van der Waals surface area contributed by atoms with Crippen LogP contribution in [0.5, 0.6) is 0 Å². The molecule has 2 aromatic carbocycles. The lowest BCUT2D eigenvalue weighted by Crippen LogP contribution is -2.48. The highest BCUT2D eigenvalue weighted by Gasteiger charge is 2.25. The first-order valence-electron chi connectivity index (χ1n) is 8.31. The standard InChI is InChI=1S/C20H23FN2O2/c1-15(20(25)22-2)23(13-12-16-8-4-3-5-9-16)19(24)14-17-10-6-7-11-18(17)21/h3-11,15H,12-14H2,1-2H3,(H,22,25). The number of hydrogen-bond acceptors (Lipinski definition) is 2. The Morgan fingerprint density at radius 3 is 2.36 bits per heavy atom. The third-order valence-electron chi connectivity index (χ3n) is 4.20. The summed E-state index contributed by atoms with van der Waals surface area (Å²) in [6.07, 6.45) is 0.563. The van der Waals surface area contributed by atoms with Gasteiger partial charge in [-0.05, 0) is 30.5 Å². The maximum Gasteiger partial charge on any atom is 0.242 e. The maximum absolute atomic E-state index is 13.8. The summed E-state index contributed by atoms with van der Waals surface area (Å²) in [4.78, 5) is 26.2. The van der Waals surface area contributed by atoms with Gasteiger partial charge in [-0.15, -0.1) is 0 Å². The van der Waals surface area contributed by atoms with Crippen molar-refractivity contribution in [1.29, 1.82) is 0 Å². The van der Waals surface area contributed by atoms with Gasteiger partial charge in [-0.3, -0.25) is 9.59 Å². The van der Waals surface area contributed by atoms with Crippen LogP contribution in [-0.4, -0.2) is 36.3 Å². The highest BCUT2D eigenvalue weighted by molar-refractivity contribution is 5.88. The number of carbonyl (C=O) groups excluding carboxylic acids is 2. The number of nitrogens with one attached hydrogen (secondary N) is 1. The van der Waals surface area contributed by atoms with Crippen molar-refractivity contribution >= 4 is 11.8 Å². The van der Waals surface area contributed by atoms with Crippen LogP contribution in [0.3, 0.4) is 0 Å². The molecule has 2 rings (SSSR count). The first-order chi connectivity index (χ1) is 12.0. The third-order valence-corrected chi connectivity index (χ3v) is 4.20. The zero-order valence-electron chi connectivity index (χ0n) is 14.5. The van der Waals surface area contributed by atoms with Crippen molar-refractivity contribution in [1.82, 2.24) is 10.2 Å². The lowest BCUT2D eigenvalue weighted by molar-refractivity contribution is -0.139. The Bertz CT molecular complexity index is 719. The Morgan fingerprint density at radius 1 is 1.08 bits per heavy atom. The molecule has 0 aromatic heterocycles. The minimum atomic E-state index is -0.618. The van der Waals surface area contributed by atoms with Crippen LogP contribution in [0.4, 0.5) is 4.39 Å². The van der Waals surface area contributed by atoms with Crippen LogP contribution in [0.15, 0.2) is 54.6 Å². The van der Waals surface area contributed by atoms with E-state index in [1.54, 1.807) is 25.1 Å². The summed E-state index contributed by atoms with van der Waals surface area (Å²) in [5, 5.41) is 2.57. The summed E-state index contributed by atoms with van der Waals surface area (Å²) in [7, 11) is 1.54. The quantitative estimate of drug-likeness (QED) is 0.841. The first kappa shape index (κ1) is 18.6. The summed E-state index contributed by atoms with van der Waals surface area (Å²) >= 11 is 0. The highest BCUT2D eigenvalue weighted by Crippen LogP contribution is 2.12. The van der Waals surface area contributed by atoms with E-state index in [0.29, 0.717) is 18.5 Å². The van der Waals surface area contributed by atoms with Crippen LogP contribution in [0, 0.1) is 5.82 Å². The van der Waals surface area contributed by atoms with E-state index in [2.05, 4.69) is 5.32 Å². The predicted molar refractivity (Wildman–Crippen MR) is 95.5 cm³/mol. The number of nitrogens with zero attached hydrogens (tertiary/aromatic N) is 1. The van der Waals surface area contributed by atoms with Crippen LogP contribution >= 0.6 is 0 Å². The van der Waals surface area contributed by atoms with E-state index in [0.717, 1.165) is 5.56 Å². The number of likely N-dealkylation sites (N-methyl/N-ethyl adjacent to an activating group) is 1. The number of rotatable bonds is 7. The van der Waals surface area contributed by atoms with Gasteiger partial charge in [-0.1, -0.05) is 48.5 Å². The van der Waals surface area contributed by atoms with Crippen molar-refractivity contribution in [2.75, 3.05) is 13.6 Å². The zero-order valence-corrected chi connectivity index (χ0v) is 14.5. The van der Waals surface area contributed by atoms with E-state index in [4.69, 9.17) is 0 Å². The van der Waals surface area contributed by atoms with Gasteiger partial charge < -0.3 is 10.2 Å². The Labute approximate surface area is 147 Å². The number of hydrogen-bond donors (Lipinski definition) is 1. The molecule has 1 N–H and O–H groups in total. The van der Waals surface area contributed by atoms with Gasteiger partial charge in [0.1, 0.15) is 11.9 Å². The number of amides is 2. The van der Waals surface area contributed by atoms with Gasteiger partial charge in [-0.25, -0.2) is 4.39 Å². The zero-order chi connectivity index (χ0) is 18.2. The minimum Gasteiger partial charge on any atom is -0.357 e. The fourth-order valence-electron chi connectivity index (χ4n) is 2.69. The summed E-state index contributed by atoms with van der Waals surface area (Å²) < 4.78 is 13.8. The first-order valence-corrected chi connectivity index (χ1v) is 8.31. The topological polar surface area (TPSA) is 49.4 Å². The van der Waals surface area contributed by atoms with Gasteiger partial charge in [0, 0.05) is 13.6 Å². The van der Waals surface area contributed by atoms with E-state index < -0.39 is 11.9 Å². The van der Waals surface area contributed by atoms with Crippen molar-refractivity contribution in [3.63, 3.8) is 0 Å². The van der Waals surface area contributed by atoms with Gasteiger partial charge in [0.05, 0.1) is 6.42 Å². The molecule has 0 heterocycles. The van der Waals surface area contributed by atoms with Crippen LogP contribution in [0.1, 0.15) is 18.1 Å². The Hall–Kier alpha value is -2.69. The van der Waals surface area contributed by atoms with Crippen LogP contribution < -0.4 is 5.32 Å². The lowest BCUT2D eigenvalue weighted by atomic mass is 10.1. The molecular formula is C20H23FN2O2. The Balaban J connectivity index is 2.13. The fourth-order valence-corrected chi connectivity index (χ4v) is 2.69. The largest absolute Gasteiger partial charge is 0.357 e.